The molecule has 0 unspecified atom stereocenters. The minimum Gasteiger partial charge on any atom is -0.492 e. The molecule has 2 aliphatic heterocycles. The van der Waals surface area contributed by atoms with Crippen LogP contribution in [0.5, 0.6) is 5.75 Å². The van der Waals surface area contributed by atoms with Gasteiger partial charge in [-0.15, -0.1) is 0 Å². The van der Waals surface area contributed by atoms with E-state index in [1.165, 1.54) is 12.1 Å². The van der Waals surface area contributed by atoms with Gasteiger partial charge in [-0.25, -0.2) is 8.78 Å². The number of hydrogen-bond acceptors (Lipinski definition) is 5. The standard InChI is InChI=1S/C26H30F3N3O3/c27-11-16-12-31(13-16)7-8-35-18-9-21(28)24(22(29)10-18)26-25-20(5-6-32(26)14-17(34)15-33)19-3-1-2-4-23(19)30-25/h1-4,9-10,16-17,26,30,33-34H,5-8,11-15H2/t17-,26-/m1/s1. The Morgan fingerprint density at radius 3 is 2.60 bits per heavy atom. The summed E-state index contributed by atoms with van der Waals surface area (Å²) in [6, 6.07) is 9.33. The Morgan fingerprint density at radius 2 is 1.89 bits per heavy atom. The normalized spacial score (nSPS) is 20.1. The van der Waals surface area contributed by atoms with Crippen LogP contribution in [-0.4, -0.2) is 83.7 Å². The molecular formula is C26H30F3N3O3. The summed E-state index contributed by atoms with van der Waals surface area (Å²) in [5.74, 6) is -1.30. The van der Waals surface area contributed by atoms with Crippen LogP contribution in [0.2, 0.25) is 0 Å². The summed E-state index contributed by atoms with van der Waals surface area (Å²) in [7, 11) is 0. The van der Waals surface area contributed by atoms with E-state index in [1.807, 2.05) is 29.2 Å². The summed E-state index contributed by atoms with van der Waals surface area (Å²) < 4.78 is 49.1. The van der Waals surface area contributed by atoms with Gasteiger partial charge >= 0.3 is 0 Å². The number of rotatable bonds is 9. The number of likely N-dealkylation sites (tertiary alicyclic amines) is 1. The summed E-state index contributed by atoms with van der Waals surface area (Å²) in [6.07, 6.45) is -0.381. The number of β-amino-alcohol motifs (C(OH)–C–C–N with tert-alkyl or cyclic N) is 1. The Bertz CT molecular complexity index is 1160. The molecule has 0 spiro atoms. The van der Waals surface area contributed by atoms with Gasteiger partial charge in [0, 0.05) is 72.9 Å². The average molecular weight is 490 g/mol. The molecule has 2 aromatic carbocycles. The first-order valence-electron chi connectivity index (χ1n) is 12.0. The van der Waals surface area contributed by atoms with Gasteiger partial charge in [-0.2, -0.15) is 0 Å². The van der Waals surface area contributed by atoms with E-state index in [1.54, 1.807) is 4.90 Å². The van der Waals surface area contributed by atoms with Crippen molar-refractivity contribution in [3.8, 4) is 5.75 Å². The number of benzene rings is 2. The Labute approximate surface area is 201 Å². The van der Waals surface area contributed by atoms with Crippen LogP contribution < -0.4 is 4.74 Å². The number of para-hydroxylation sites is 1. The van der Waals surface area contributed by atoms with Crippen molar-refractivity contribution in [2.24, 2.45) is 5.92 Å². The SMILES string of the molecule is OC[C@H](O)CN1CCc2c([nH]c3ccccc23)[C@H]1c1c(F)cc(OCCN2CC(CF)C2)cc1F. The van der Waals surface area contributed by atoms with Crippen molar-refractivity contribution in [1.29, 1.82) is 0 Å². The molecule has 9 heteroatoms. The third-order valence-electron chi connectivity index (χ3n) is 7.04. The molecule has 3 N–H and O–H groups in total. The molecule has 0 amide bonds. The summed E-state index contributed by atoms with van der Waals surface area (Å²) >= 11 is 0. The van der Waals surface area contributed by atoms with Gasteiger partial charge in [0.1, 0.15) is 24.0 Å². The summed E-state index contributed by atoms with van der Waals surface area (Å²) in [5.41, 5.74) is 2.45. The van der Waals surface area contributed by atoms with E-state index in [2.05, 4.69) is 4.98 Å². The van der Waals surface area contributed by atoms with Gasteiger partial charge in [-0.1, -0.05) is 18.2 Å². The fourth-order valence-electron chi connectivity index (χ4n) is 5.30. The lowest BCUT2D eigenvalue weighted by atomic mass is 9.91. The van der Waals surface area contributed by atoms with Crippen molar-refractivity contribution in [3.63, 3.8) is 0 Å². The number of nitrogens with zero attached hydrogens (tertiary/aromatic N) is 2. The molecule has 0 radical (unpaired) electrons. The van der Waals surface area contributed by atoms with Crippen molar-refractivity contribution in [2.75, 3.05) is 52.6 Å². The van der Waals surface area contributed by atoms with Gasteiger partial charge in [-0.05, 0) is 18.1 Å². The second-order valence-corrected chi connectivity index (χ2v) is 9.48. The Balaban J connectivity index is 1.42. The molecule has 3 heterocycles. The molecule has 1 aromatic heterocycles. The Hall–Kier alpha value is -2.59. The quantitative estimate of drug-likeness (QED) is 0.431. The molecule has 1 fully saturated rings. The van der Waals surface area contributed by atoms with Crippen molar-refractivity contribution in [2.45, 2.75) is 18.6 Å². The summed E-state index contributed by atoms with van der Waals surface area (Å²) in [6.45, 7) is 1.94. The van der Waals surface area contributed by atoms with E-state index < -0.39 is 30.4 Å². The van der Waals surface area contributed by atoms with E-state index in [-0.39, 0.29) is 37.1 Å². The number of aromatic nitrogens is 1. The predicted molar refractivity (Wildman–Crippen MR) is 126 cm³/mol. The van der Waals surface area contributed by atoms with Crippen molar-refractivity contribution in [3.05, 3.63) is 64.9 Å². The molecule has 5 rings (SSSR count). The largest absolute Gasteiger partial charge is 0.492 e. The monoisotopic (exact) mass is 489 g/mol. The second-order valence-electron chi connectivity index (χ2n) is 9.48. The first-order chi connectivity index (χ1) is 17.0. The van der Waals surface area contributed by atoms with Crippen LogP contribution in [0.25, 0.3) is 10.9 Å². The number of ether oxygens (including phenoxy) is 1. The molecule has 0 aliphatic carbocycles. The van der Waals surface area contributed by atoms with Crippen LogP contribution in [0.1, 0.15) is 22.9 Å². The van der Waals surface area contributed by atoms with E-state index in [4.69, 9.17) is 4.74 Å². The topological polar surface area (TPSA) is 72.0 Å². The van der Waals surface area contributed by atoms with Crippen LogP contribution in [0.3, 0.4) is 0 Å². The van der Waals surface area contributed by atoms with Crippen molar-refractivity contribution < 1.29 is 28.1 Å². The fraction of sp³-hybridized carbons (Fsp3) is 0.462. The number of alkyl halides is 1. The van der Waals surface area contributed by atoms with Crippen LogP contribution in [0.4, 0.5) is 13.2 Å². The lowest BCUT2D eigenvalue weighted by Gasteiger charge is -2.37. The summed E-state index contributed by atoms with van der Waals surface area (Å²) in [5, 5.41) is 20.5. The van der Waals surface area contributed by atoms with Crippen molar-refractivity contribution in [1.82, 2.24) is 14.8 Å². The third-order valence-corrected chi connectivity index (χ3v) is 7.04. The maximum atomic E-state index is 15.5. The highest BCUT2D eigenvalue weighted by Gasteiger charge is 2.36. The molecule has 0 bridgehead atoms. The lowest BCUT2D eigenvalue weighted by molar-refractivity contribution is 0.0459. The first kappa shape index (κ1) is 24.1. The second kappa shape index (κ2) is 10.2. The molecule has 0 saturated carbocycles. The number of aromatic amines is 1. The van der Waals surface area contributed by atoms with E-state index in [0.717, 1.165) is 16.5 Å². The molecule has 35 heavy (non-hydrogen) atoms. The molecule has 3 aromatic rings. The van der Waals surface area contributed by atoms with E-state index in [9.17, 15) is 14.6 Å². The zero-order valence-electron chi connectivity index (χ0n) is 19.4. The van der Waals surface area contributed by atoms with E-state index >= 15 is 8.78 Å². The van der Waals surface area contributed by atoms with E-state index in [0.29, 0.717) is 38.3 Å². The molecule has 1 saturated heterocycles. The van der Waals surface area contributed by atoms with Crippen LogP contribution in [-0.2, 0) is 6.42 Å². The number of halogens is 3. The highest BCUT2D eigenvalue weighted by atomic mass is 19.1. The van der Waals surface area contributed by atoms with Gasteiger partial charge in [0.15, 0.2) is 0 Å². The summed E-state index contributed by atoms with van der Waals surface area (Å²) in [4.78, 5) is 7.17. The third kappa shape index (κ3) is 4.78. The fourth-order valence-corrected chi connectivity index (χ4v) is 5.30. The number of fused-ring (bicyclic) bond motifs is 3. The van der Waals surface area contributed by atoms with Crippen molar-refractivity contribution >= 4 is 10.9 Å². The molecule has 2 aliphatic rings. The van der Waals surface area contributed by atoms with Gasteiger partial charge in [0.25, 0.3) is 0 Å². The number of aliphatic hydroxyl groups excluding tert-OH is 2. The average Bonchev–Trinajstić information content (AvgIpc) is 3.20. The van der Waals surface area contributed by atoms with Crippen LogP contribution in [0, 0.1) is 17.6 Å². The zero-order chi connectivity index (χ0) is 24.5. The van der Waals surface area contributed by atoms with Crippen LogP contribution in [0.15, 0.2) is 36.4 Å². The minimum absolute atomic E-state index is 0.0708. The van der Waals surface area contributed by atoms with Gasteiger partial charge in [0.2, 0.25) is 0 Å². The van der Waals surface area contributed by atoms with Gasteiger partial charge in [-0.3, -0.25) is 14.2 Å². The highest BCUT2D eigenvalue weighted by molar-refractivity contribution is 5.85. The maximum Gasteiger partial charge on any atom is 0.135 e. The Morgan fingerprint density at radius 1 is 1.14 bits per heavy atom. The number of nitrogens with one attached hydrogen (secondary N) is 1. The number of aliphatic hydroxyl groups is 2. The molecule has 6 nitrogen and oxygen atoms in total. The maximum absolute atomic E-state index is 15.5. The lowest BCUT2D eigenvalue weighted by Crippen LogP contribution is -2.49. The first-order valence-corrected chi connectivity index (χ1v) is 12.0. The number of hydrogen-bond donors (Lipinski definition) is 3. The Kier molecular flexibility index (Phi) is 7.02. The highest BCUT2D eigenvalue weighted by Crippen LogP contribution is 2.41. The van der Waals surface area contributed by atoms with Gasteiger partial charge < -0.3 is 19.9 Å². The minimum atomic E-state index is -1.03. The number of H-pyrrole nitrogens is 1. The zero-order valence-corrected chi connectivity index (χ0v) is 19.4. The molecule has 2 atom stereocenters. The predicted octanol–water partition coefficient (Wildman–Crippen LogP) is 3.03. The molecular weight excluding hydrogens is 459 g/mol. The smallest absolute Gasteiger partial charge is 0.135 e. The van der Waals surface area contributed by atoms with Gasteiger partial charge in [0.05, 0.1) is 25.4 Å². The van der Waals surface area contributed by atoms with Crippen LogP contribution >= 0.6 is 0 Å². The molecule has 188 valence electrons.